The van der Waals surface area contributed by atoms with Gasteiger partial charge in [-0.25, -0.2) is 9.37 Å². The molecule has 0 unspecified atom stereocenters. The first-order valence-electron chi connectivity index (χ1n) is 5.68. The quantitative estimate of drug-likeness (QED) is 0.621. The van der Waals surface area contributed by atoms with Crippen LogP contribution in [0, 0.1) is 5.82 Å². The molecule has 5 heteroatoms. The van der Waals surface area contributed by atoms with Gasteiger partial charge in [-0.3, -0.25) is 4.57 Å². The highest BCUT2D eigenvalue weighted by Crippen LogP contribution is 2.25. The molecule has 19 heavy (non-hydrogen) atoms. The highest BCUT2D eigenvalue weighted by Gasteiger charge is 2.12. The molecule has 1 aromatic heterocycles. The van der Waals surface area contributed by atoms with Crippen LogP contribution in [-0.2, 0) is 5.88 Å². The van der Waals surface area contributed by atoms with Gasteiger partial charge in [-0.05, 0) is 30.3 Å². The van der Waals surface area contributed by atoms with E-state index in [9.17, 15) is 4.39 Å². The number of halogens is 3. The number of hydrogen-bond acceptors (Lipinski definition) is 1. The number of benzene rings is 2. The van der Waals surface area contributed by atoms with Crippen molar-refractivity contribution >= 4 is 38.6 Å². The summed E-state index contributed by atoms with van der Waals surface area (Å²) in [4.78, 5) is 4.43. The first-order chi connectivity index (χ1) is 9.19. The van der Waals surface area contributed by atoms with E-state index in [4.69, 9.17) is 11.6 Å². The number of rotatable bonds is 2. The van der Waals surface area contributed by atoms with Crippen LogP contribution >= 0.6 is 27.5 Å². The van der Waals surface area contributed by atoms with Crippen LogP contribution in [-0.4, -0.2) is 9.55 Å². The summed E-state index contributed by atoms with van der Waals surface area (Å²) < 4.78 is 16.3. The molecule has 2 nitrogen and oxygen atoms in total. The van der Waals surface area contributed by atoms with Gasteiger partial charge in [-0.1, -0.05) is 22.0 Å². The number of nitrogens with zero attached hydrogens (tertiary/aromatic N) is 2. The third kappa shape index (κ3) is 2.26. The summed E-state index contributed by atoms with van der Waals surface area (Å²) in [7, 11) is 0. The van der Waals surface area contributed by atoms with Crippen molar-refractivity contribution in [1.82, 2.24) is 9.55 Å². The Morgan fingerprint density at radius 1 is 1.21 bits per heavy atom. The van der Waals surface area contributed by atoms with Crippen molar-refractivity contribution in [2.75, 3.05) is 0 Å². The Morgan fingerprint density at radius 3 is 2.79 bits per heavy atom. The first kappa shape index (κ1) is 12.6. The van der Waals surface area contributed by atoms with E-state index in [1.54, 1.807) is 6.07 Å². The molecule has 0 saturated carbocycles. The van der Waals surface area contributed by atoms with Gasteiger partial charge in [0.2, 0.25) is 0 Å². The standard InChI is InChI=1S/C14H9BrClFN2/c15-9-2-1-3-11(6-9)19-13-7-10(17)4-5-12(13)18-14(19)8-16/h1-7H,8H2. The van der Waals surface area contributed by atoms with E-state index >= 15 is 0 Å². The average Bonchev–Trinajstić information content (AvgIpc) is 2.76. The molecule has 0 saturated heterocycles. The van der Waals surface area contributed by atoms with Crippen LogP contribution in [0.1, 0.15) is 5.82 Å². The molecule has 0 fully saturated rings. The smallest absolute Gasteiger partial charge is 0.129 e. The van der Waals surface area contributed by atoms with Crippen molar-refractivity contribution in [2.45, 2.75) is 5.88 Å². The maximum absolute atomic E-state index is 13.4. The lowest BCUT2D eigenvalue weighted by Crippen LogP contribution is -1.99. The van der Waals surface area contributed by atoms with E-state index in [1.165, 1.54) is 12.1 Å². The Kier molecular flexibility index (Phi) is 3.29. The zero-order valence-corrected chi connectivity index (χ0v) is 12.1. The van der Waals surface area contributed by atoms with Crippen LogP contribution in [0.25, 0.3) is 16.7 Å². The van der Waals surface area contributed by atoms with Gasteiger partial charge in [-0.2, -0.15) is 0 Å². The Balaban J connectivity index is 2.34. The predicted molar refractivity (Wildman–Crippen MR) is 78.3 cm³/mol. The van der Waals surface area contributed by atoms with Crippen molar-refractivity contribution in [3.63, 3.8) is 0 Å². The molecule has 3 aromatic rings. The van der Waals surface area contributed by atoms with Crippen molar-refractivity contribution in [1.29, 1.82) is 0 Å². The monoisotopic (exact) mass is 338 g/mol. The van der Waals surface area contributed by atoms with Gasteiger partial charge >= 0.3 is 0 Å². The van der Waals surface area contributed by atoms with Crippen LogP contribution in [0.4, 0.5) is 4.39 Å². The predicted octanol–water partition coefficient (Wildman–Crippen LogP) is 4.67. The van der Waals surface area contributed by atoms with Gasteiger partial charge in [-0.15, -0.1) is 11.6 Å². The van der Waals surface area contributed by atoms with E-state index in [2.05, 4.69) is 20.9 Å². The number of aromatic nitrogens is 2. The van der Waals surface area contributed by atoms with Crippen LogP contribution in [0.2, 0.25) is 0 Å². The van der Waals surface area contributed by atoms with Crippen molar-refractivity contribution in [3.8, 4) is 5.69 Å². The third-order valence-corrected chi connectivity index (χ3v) is 3.60. The number of fused-ring (bicyclic) bond motifs is 1. The molecule has 3 rings (SSSR count). The van der Waals surface area contributed by atoms with Crippen LogP contribution in [0.3, 0.4) is 0 Å². The maximum Gasteiger partial charge on any atom is 0.129 e. The topological polar surface area (TPSA) is 17.8 Å². The van der Waals surface area contributed by atoms with Crippen molar-refractivity contribution in [2.24, 2.45) is 0 Å². The highest BCUT2D eigenvalue weighted by atomic mass is 79.9. The molecule has 0 atom stereocenters. The second-order valence-corrected chi connectivity index (χ2v) is 5.29. The largest absolute Gasteiger partial charge is 0.295 e. The Hall–Kier alpha value is -1.39. The summed E-state index contributed by atoms with van der Waals surface area (Å²) in [5.74, 6) is 0.674. The van der Waals surface area contributed by atoms with Crippen LogP contribution in [0.15, 0.2) is 46.9 Å². The zero-order valence-electron chi connectivity index (χ0n) is 9.78. The SMILES string of the molecule is Fc1ccc2nc(CCl)n(-c3cccc(Br)c3)c2c1. The normalized spacial score (nSPS) is 11.1. The van der Waals surface area contributed by atoms with Crippen LogP contribution < -0.4 is 0 Å². The molecule has 0 aliphatic rings. The number of hydrogen-bond donors (Lipinski definition) is 0. The van der Waals surface area contributed by atoms with Gasteiger partial charge in [0, 0.05) is 16.2 Å². The molecular weight excluding hydrogens is 331 g/mol. The van der Waals surface area contributed by atoms with Gasteiger partial charge < -0.3 is 0 Å². The minimum Gasteiger partial charge on any atom is -0.295 e. The fourth-order valence-corrected chi connectivity index (χ4v) is 2.66. The molecule has 2 aromatic carbocycles. The molecule has 0 N–H and O–H groups in total. The first-order valence-corrected chi connectivity index (χ1v) is 7.00. The Labute approximate surface area is 123 Å². The van der Waals surface area contributed by atoms with Crippen molar-refractivity contribution < 1.29 is 4.39 Å². The zero-order chi connectivity index (χ0) is 13.4. The third-order valence-electron chi connectivity index (χ3n) is 2.87. The number of alkyl halides is 1. The Bertz CT molecular complexity index is 754. The second-order valence-electron chi connectivity index (χ2n) is 4.11. The van der Waals surface area contributed by atoms with E-state index in [1.807, 2.05) is 28.8 Å². The lowest BCUT2D eigenvalue weighted by Gasteiger charge is -2.08. The molecule has 0 spiro atoms. The summed E-state index contributed by atoms with van der Waals surface area (Å²) in [6, 6.07) is 12.3. The number of imidazole rings is 1. The summed E-state index contributed by atoms with van der Waals surface area (Å²) in [5, 5.41) is 0. The van der Waals surface area contributed by atoms with Gasteiger partial charge in [0.25, 0.3) is 0 Å². The van der Waals surface area contributed by atoms with Crippen molar-refractivity contribution in [3.05, 3.63) is 58.6 Å². The van der Waals surface area contributed by atoms with Gasteiger partial charge in [0.1, 0.15) is 11.6 Å². The molecule has 0 aliphatic heterocycles. The molecule has 0 bridgehead atoms. The minimum atomic E-state index is -0.287. The molecule has 0 radical (unpaired) electrons. The lowest BCUT2D eigenvalue weighted by molar-refractivity contribution is 0.629. The second kappa shape index (κ2) is 4.94. The summed E-state index contributed by atoms with van der Waals surface area (Å²) in [5.41, 5.74) is 2.35. The fourth-order valence-electron chi connectivity index (χ4n) is 2.09. The molecule has 0 aliphatic carbocycles. The van der Waals surface area contributed by atoms with E-state index < -0.39 is 0 Å². The molecule has 96 valence electrons. The van der Waals surface area contributed by atoms with E-state index in [-0.39, 0.29) is 11.7 Å². The lowest BCUT2D eigenvalue weighted by atomic mass is 10.2. The van der Waals surface area contributed by atoms with E-state index in [0.717, 1.165) is 15.7 Å². The summed E-state index contributed by atoms with van der Waals surface area (Å²) in [6.07, 6.45) is 0. The summed E-state index contributed by atoms with van der Waals surface area (Å²) in [6.45, 7) is 0. The average molecular weight is 340 g/mol. The minimum absolute atomic E-state index is 0.267. The summed E-state index contributed by atoms with van der Waals surface area (Å²) >= 11 is 9.38. The van der Waals surface area contributed by atoms with Gasteiger partial charge in [0.05, 0.1) is 16.9 Å². The highest BCUT2D eigenvalue weighted by molar-refractivity contribution is 9.10. The molecule has 1 heterocycles. The molecular formula is C14H9BrClFN2. The molecule has 0 amide bonds. The fraction of sp³-hybridized carbons (Fsp3) is 0.0714. The maximum atomic E-state index is 13.4. The van der Waals surface area contributed by atoms with E-state index in [0.29, 0.717) is 11.3 Å². The Morgan fingerprint density at radius 2 is 2.05 bits per heavy atom. The van der Waals surface area contributed by atoms with Crippen LogP contribution in [0.5, 0.6) is 0 Å². The van der Waals surface area contributed by atoms with Gasteiger partial charge in [0.15, 0.2) is 0 Å².